The van der Waals surface area contributed by atoms with E-state index in [0.29, 0.717) is 62.3 Å². The summed E-state index contributed by atoms with van der Waals surface area (Å²) in [5.74, 6) is -0.959. The van der Waals surface area contributed by atoms with Gasteiger partial charge < -0.3 is 14.0 Å². The number of aromatic nitrogens is 3. The minimum absolute atomic E-state index is 0.0374. The van der Waals surface area contributed by atoms with Gasteiger partial charge in [-0.2, -0.15) is 0 Å². The second kappa shape index (κ2) is 12.3. The Balaban J connectivity index is 1.13. The van der Waals surface area contributed by atoms with Gasteiger partial charge in [0.25, 0.3) is 5.88 Å². The van der Waals surface area contributed by atoms with E-state index in [1.54, 1.807) is 42.5 Å². The summed E-state index contributed by atoms with van der Waals surface area (Å²) in [4.78, 5) is 21.3. The largest absolute Gasteiger partial charge is 0.471 e. The number of nitrogens with zero attached hydrogens (tertiary/aromatic N) is 3. The number of hydrogen-bond donors (Lipinski definition) is 0. The summed E-state index contributed by atoms with van der Waals surface area (Å²) in [6, 6.07) is 15.6. The molecule has 2 aliphatic rings. The van der Waals surface area contributed by atoms with Crippen LogP contribution in [-0.2, 0) is 30.7 Å². The first-order chi connectivity index (χ1) is 22.3. The number of halogens is 4. The standard InChI is InChI=1S/C36H29ClF3N3O3/c1-45-36(44)23-8-11-32-33(14-23)43(18-20-3-2-4-20)34(41-32)15-21-5-6-22(13-30(21)40)31-12-10-29(39)35(42-31)46-19-24-7-9-28(38)27-17-25(37)16-26(24)27/h5-14,17,20H,2-4,15-16,18-19H2,1H3. The zero-order valence-electron chi connectivity index (χ0n) is 25.0. The maximum Gasteiger partial charge on any atom is 0.337 e. The average molecular weight is 644 g/mol. The number of pyridine rings is 1. The highest BCUT2D eigenvalue weighted by Crippen LogP contribution is 2.34. The number of esters is 1. The molecule has 0 spiro atoms. The van der Waals surface area contributed by atoms with Crippen LogP contribution in [-0.4, -0.2) is 27.6 Å². The Morgan fingerprint density at radius 2 is 1.76 bits per heavy atom. The number of ether oxygens (including phenoxy) is 2. The summed E-state index contributed by atoms with van der Waals surface area (Å²) in [5.41, 5.74) is 5.00. The smallest absolute Gasteiger partial charge is 0.337 e. The number of imidazole rings is 1. The van der Waals surface area contributed by atoms with Gasteiger partial charge in [-0.1, -0.05) is 36.2 Å². The van der Waals surface area contributed by atoms with Gasteiger partial charge in [0.15, 0.2) is 5.82 Å². The van der Waals surface area contributed by atoms with Crippen molar-refractivity contribution in [3.63, 3.8) is 0 Å². The summed E-state index contributed by atoms with van der Waals surface area (Å²) >= 11 is 6.13. The molecule has 0 unspecified atom stereocenters. The van der Waals surface area contributed by atoms with E-state index in [1.165, 1.54) is 37.8 Å². The van der Waals surface area contributed by atoms with Gasteiger partial charge >= 0.3 is 5.97 Å². The molecule has 10 heteroatoms. The summed E-state index contributed by atoms with van der Waals surface area (Å²) in [6.07, 6.45) is 5.62. The molecule has 46 heavy (non-hydrogen) atoms. The molecule has 1 saturated carbocycles. The van der Waals surface area contributed by atoms with E-state index in [9.17, 15) is 13.6 Å². The molecule has 0 amide bonds. The highest BCUT2D eigenvalue weighted by molar-refractivity contribution is 6.32. The number of allylic oxidation sites excluding steroid dienone is 1. The van der Waals surface area contributed by atoms with Crippen LogP contribution in [0.15, 0.2) is 65.7 Å². The van der Waals surface area contributed by atoms with Crippen LogP contribution in [0.5, 0.6) is 5.88 Å². The van der Waals surface area contributed by atoms with Gasteiger partial charge in [-0.15, -0.1) is 0 Å². The van der Waals surface area contributed by atoms with Crippen molar-refractivity contribution < 1.29 is 27.4 Å². The van der Waals surface area contributed by atoms with Crippen molar-refractivity contribution in [2.24, 2.45) is 5.92 Å². The predicted octanol–water partition coefficient (Wildman–Crippen LogP) is 8.41. The summed E-state index contributed by atoms with van der Waals surface area (Å²) in [6.45, 7) is 0.701. The molecule has 0 saturated heterocycles. The lowest BCUT2D eigenvalue weighted by atomic mass is 9.85. The van der Waals surface area contributed by atoms with E-state index >= 15 is 4.39 Å². The molecule has 2 heterocycles. The predicted molar refractivity (Wildman–Crippen MR) is 169 cm³/mol. The number of carbonyl (C=O) groups is 1. The molecule has 0 aliphatic heterocycles. The zero-order valence-corrected chi connectivity index (χ0v) is 25.7. The second-order valence-corrected chi connectivity index (χ2v) is 12.2. The van der Waals surface area contributed by atoms with Crippen molar-refractivity contribution in [2.45, 2.75) is 45.3 Å². The molecule has 0 bridgehead atoms. The van der Waals surface area contributed by atoms with Gasteiger partial charge in [0.2, 0.25) is 0 Å². The minimum atomic E-state index is -0.670. The van der Waals surface area contributed by atoms with Crippen molar-refractivity contribution in [2.75, 3.05) is 7.11 Å². The molecule has 5 aromatic rings. The monoisotopic (exact) mass is 643 g/mol. The van der Waals surface area contributed by atoms with Crippen LogP contribution in [0, 0.1) is 23.4 Å². The maximum absolute atomic E-state index is 15.6. The Bertz CT molecular complexity index is 2040. The second-order valence-electron chi connectivity index (χ2n) is 11.8. The van der Waals surface area contributed by atoms with Crippen molar-refractivity contribution in [1.29, 1.82) is 0 Å². The van der Waals surface area contributed by atoms with Gasteiger partial charge in [0, 0.05) is 35.5 Å². The Hall–Kier alpha value is -4.63. The fraction of sp³-hybridized carbons (Fsp3) is 0.250. The molecular formula is C36H29ClF3N3O3. The third kappa shape index (κ3) is 5.75. The van der Waals surface area contributed by atoms with Gasteiger partial charge in [-0.3, -0.25) is 0 Å². The number of rotatable bonds is 9. The molecule has 234 valence electrons. The molecule has 1 fully saturated rings. The summed E-state index contributed by atoms with van der Waals surface area (Å²) < 4.78 is 57.3. The van der Waals surface area contributed by atoms with Crippen LogP contribution < -0.4 is 4.74 Å². The van der Waals surface area contributed by atoms with Crippen molar-refractivity contribution in [3.8, 4) is 17.1 Å². The molecule has 0 atom stereocenters. The van der Waals surface area contributed by atoms with E-state index < -0.39 is 17.6 Å². The van der Waals surface area contributed by atoms with Crippen LogP contribution in [0.25, 0.3) is 28.4 Å². The number of methoxy groups -OCH3 is 1. The Morgan fingerprint density at radius 3 is 2.52 bits per heavy atom. The molecule has 2 aliphatic carbocycles. The van der Waals surface area contributed by atoms with Gasteiger partial charge in [-0.25, -0.2) is 27.9 Å². The van der Waals surface area contributed by atoms with Crippen molar-refractivity contribution in [3.05, 3.63) is 117 Å². The first-order valence-electron chi connectivity index (χ1n) is 15.1. The lowest BCUT2D eigenvalue weighted by molar-refractivity contribution is 0.0601. The number of carbonyl (C=O) groups excluding carboxylic acids is 1. The number of fused-ring (bicyclic) bond motifs is 2. The highest BCUT2D eigenvalue weighted by atomic mass is 35.5. The lowest BCUT2D eigenvalue weighted by Crippen LogP contribution is -2.19. The molecule has 6 nitrogen and oxygen atoms in total. The van der Waals surface area contributed by atoms with Gasteiger partial charge in [0.05, 0.1) is 29.4 Å². The van der Waals surface area contributed by atoms with Gasteiger partial charge in [0.1, 0.15) is 24.1 Å². The fourth-order valence-corrected chi connectivity index (χ4v) is 6.34. The first-order valence-corrected chi connectivity index (χ1v) is 15.5. The summed E-state index contributed by atoms with van der Waals surface area (Å²) in [7, 11) is 1.35. The summed E-state index contributed by atoms with van der Waals surface area (Å²) in [5, 5.41) is 0.515. The van der Waals surface area contributed by atoms with Crippen molar-refractivity contribution in [1.82, 2.24) is 14.5 Å². The maximum atomic E-state index is 15.6. The van der Waals surface area contributed by atoms with Crippen molar-refractivity contribution >= 4 is 34.7 Å². The Labute approximate surface area is 268 Å². The fourth-order valence-electron chi connectivity index (χ4n) is 6.10. The first kappa shape index (κ1) is 30.0. The zero-order chi connectivity index (χ0) is 31.9. The number of hydrogen-bond acceptors (Lipinski definition) is 5. The lowest BCUT2D eigenvalue weighted by Gasteiger charge is -2.26. The third-order valence-corrected chi connectivity index (χ3v) is 9.08. The molecule has 0 N–H and O–H groups in total. The topological polar surface area (TPSA) is 66.2 Å². The van der Waals surface area contributed by atoms with E-state index in [0.717, 1.165) is 30.4 Å². The highest BCUT2D eigenvalue weighted by Gasteiger charge is 2.23. The molecular weight excluding hydrogens is 615 g/mol. The third-order valence-electron chi connectivity index (χ3n) is 8.84. The van der Waals surface area contributed by atoms with E-state index in [1.807, 2.05) is 0 Å². The Morgan fingerprint density at radius 1 is 0.957 bits per heavy atom. The SMILES string of the molecule is COC(=O)c1ccc2nc(Cc3ccc(-c4ccc(F)c(OCc5ccc(F)c6c5CC(Cl)=C6)n4)cc3F)n(CC3CCC3)c2c1. The van der Waals surface area contributed by atoms with E-state index in [-0.39, 0.29) is 24.7 Å². The van der Waals surface area contributed by atoms with E-state index in [4.69, 9.17) is 26.1 Å². The van der Waals surface area contributed by atoms with Crippen LogP contribution in [0.4, 0.5) is 13.2 Å². The van der Waals surface area contributed by atoms with Crippen LogP contribution in [0.3, 0.4) is 0 Å². The normalized spacial score (nSPS) is 14.2. The average Bonchev–Trinajstić information content (AvgIpc) is 3.59. The number of benzene rings is 3. The molecule has 0 radical (unpaired) electrons. The minimum Gasteiger partial charge on any atom is -0.471 e. The van der Waals surface area contributed by atoms with Crippen LogP contribution in [0.2, 0.25) is 0 Å². The van der Waals surface area contributed by atoms with Crippen LogP contribution >= 0.6 is 11.6 Å². The molecule has 2 aromatic heterocycles. The van der Waals surface area contributed by atoms with E-state index in [2.05, 4.69) is 9.55 Å². The molecule has 3 aromatic carbocycles. The molecule has 7 rings (SSSR count). The Kier molecular flexibility index (Phi) is 8.02. The quantitative estimate of drug-likeness (QED) is 0.151. The van der Waals surface area contributed by atoms with Crippen LogP contribution in [0.1, 0.15) is 57.7 Å². The van der Waals surface area contributed by atoms with Gasteiger partial charge in [-0.05, 0) is 84.0 Å².